The van der Waals surface area contributed by atoms with Crippen LogP contribution in [0.3, 0.4) is 0 Å². The summed E-state index contributed by atoms with van der Waals surface area (Å²) in [6.07, 6.45) is 0.605. The van der Waals surface area contributed by atoms with Crippen molar-refractivity contribution in [2.45, 2.75) is 64.0 Å². The normalized spacial score (nSPS) is 22.7. The highest BCUT2D eigenvalue weighted by Gasteiger charge is 2.39. The zero-order valence-electron chi connectivity index (χ0n) is 23.7. The maximum atomic E-state index is 13.1. The SMILES string of the molecule is CC(C)C(CCC=CC[C@@H]1[C@@H](/C=C/[C@H](COc2cccc(C(F)(F)F)c2)OC(=O)C(CO)CO)[C@H](O)C[C@@H]1O)C(=O)O. The molecule has 0 bridgehead atoms. The minimum absolute atomic E-state index is 0.0122. The van der Waals surface area contributed by atoms with E-state index in [0.29, 0.717) is 19.3 Å². The van der Waals surface area contributed by atoms with Crippen molar-refractivity contribution in [3.8, 4) is 5.75 Å². The maximum Gasteiger partial charge on any atom is 0.416 e. The number of aliphatic carboxylic acids is 1. The Labute approximate surface area is 243 Å². The largest absolute Gasteiger partial charge is 0.489 e. The van der Waals surface area contributed by atoms with E-state index in [2.05, 4.69) is 0 Å². The molecule has 1 aromatic rings. The third kappa shape index (κ3) is 10.7. The number of esters is 1. The number of benzene rings is 1. The Hall–Kier alpha value is -2.93. The van der Waals surface area contributed by atoms with Crippen molar-refractivity contribution in [2.24, 2.45) is 29.6 Å². The molecule has 1 fully saturated rings. The number of aliphatic hydroxyl groups is 4. The molecule has 0 aromatic heterocycles. The standard InChI is InChI=1S/C30H41F3O9/c1-18(2)23(28(38)39)9-4-3-5-10-24-25(27(37)14-26(24)36)12-11-22(42-29(40)19(15-34)16-35)17-41-21-8-6-7-20(13-21)30(31,32)33/h3,5-8,11-13,18-19,22-27,34-37H,4,9-10,14-17H2,1-2H3,(H,38,39)/b5-3?,12-11+/t22-,23?,24-,25-,26+,27-/m1/s1. The molecule has 2 rings (SSSR count). The monoisotopic (exact) mass is 602 g/mol. The number of aliphatic hydroxyl groups excluding tert-OH is 4. The highest BCUT2D eigenvalue weighted by molar-refractivity contribution is 5.73. The lowest BCUT2D eigenvalue weighted by atomic mass is 9.89. The van der Waals surface area contributed by atoms with Crippen LogP contribution in [0.15, 0.2) is 48.6 Å². The van der Waals surface area contributed by atoms with E-state index in [1.54, 1.807) is 6.08 Å². The van der Waals surface area contributed by atoms with Gasteiger partial charge in [0.05, 0.1) is 36.9 Å². The van der Waals surface area contributed by atoms with Crippen molar-refractivity contribution < 1.29 is 57.8 Å². The zero-order chi connectivity index (χ0) is 31.4. The summed E-state index contributed by atoms with van der Waals surface area (Å²) in [5.74, 6) is -4.61. The van der Waals surface area contributed by atoms with Gasteiger partial charge in [-0.1, -0.05) is 38.1 Å². The van der Waals surface area contributed by atoms with Gasteiger partial charge in [-0.3, -0.25) is 9.59 Å². The van der Waals surface area contributed by atoms with Crippen LogP contribution in [0.2, 0.25) is 0 Å². The summed E-state index contributed by atoms with van der Waals surface area (Å²) in [6, 6.07) is 4.16. The van der Waals surface area contributed by atoms with Crippen LogP contribution in [0.25, 0.3) is 0 Å². The van der Waals surface area contributed by atoms with E-state index in [9.17, 15) is 48.3 Å². The molecule has 1 aromatic carbocycles. The van der Waals surface area contributed by atoms with Crippen LogP contribution < -0.4 is 4.74 Å². The number of alkyl halides is 3. The van der Waals surface area contributed by atoms with E-state index in [0.717, 1.165) is 12.1 Å². The van der Waals surface area contributed by atoms with Crippen molar-refractivity contribution in [2.75, 3.05) is 19.8 Å². The fourth-order valence-corrected chi connectivity index (χ4v) is 4.87. The van der Waals surface area contributed by atoms with Gasteiger partial charge in [-0.2, -0.15) is 13.2 Å². The maximum absolute atomic E-state index is 13.1. The quantitative estimate of drug-likeness (QED) is 0.141. The molecule has 0 spiro atoms. The molecule has 6 atom stereocenters. The Bertz CT molecular complexity index is 1050. The molecular weight excluding hydrogens is 561 g/mol. The molecule has 0 radical (unpaired) electrons. The fourth-order valence-electron chi connectivity index (χ4n) is 4.87. The van der Waals surface area contributed by atoms with E-state index in [-0.39, 0.29) is 18.1 Å². The third-order valence-electron chi connectivity index (χ3n) is 7.42. The number of carboxylic acids is 1. The minimum atomic E-state index is -4.59. The van der Waals surface area contributed by atoms with E-state index in [1.807, 2.05) is 26.0 Å². The van der Waals surface area contributed by atoms with Crippen molar-refractivity contribution in [1.29, 1.82) is 0 Å². The number of carbonyl (C=O) groups is 2. The number of halogens is 3. The number of rotatable bonds is 16. The Morgan fingerprint density at radius 2 is 1.79 bits per heavy atom. The van der Waals surface area contributed by atoms with Crippen LogP contribution >= 0.6 is 0 Å². The van der Waals surface area contributed by atoms with E-state index in [1.165, 1.54) is 18.2 Å². The average Bonchev–Trinajstić information content (AvgIpc) is 3.19. The number of hydrogen-bond donors (Lipinski definition) is 5. The van der Waals surface area contributed by atoms with Crippen LogP contribution in [-0.4, -0.2) is 75.6 Å². The first kappa shape index (κ1) is 35.3. The molecule has 12 heteroatoms. The van der Waals surface area contributed by atoms with Gasteiger partial charge >= 0.3 is 18.1 Å². The lowest BCUT2D eigenvalue weighted by Gasteiger charge is -2.22. The molecule has 0 aliphatic heterocycles. The second-order valence-corrected chi connectivity index (χ2v) is 10.8. The number of ether oxygens (including phenoxy) is 2. The molecule has 1 aliphatic carbocycles. The summed E-state index contributed by atoms with van der Waals surface area (Å²) < 4.78 is 50.0. The van der Waals surface area contributed by atoms with Crippen LogP contribution in [0.1, 0.15) is 45.1 Å². The van der Waals surface area contributed by atoms with Gasteiger partial charge in [-0.05, 0) is 55.4 Å². The van der Waals surface area contributed by atoms with Gasteiger partial charge in [0.15, 0.2) is 6.10 Å². The predicted octanol–water partition coefficient (Wildman–Crippen LogP) is 3.59. The number of carboxylic acid groups (broad SMARTS) is 1. The summed E-state index contributed by atoms with van der Waals surface area (Å²) in [4.78, 5) is 23.8. The molecule has 1 unspecified atom stereocenters. The second kappa shape index (κ2) is 16.6. The van der Waals surface area contributed by atoms with Gasteiger partial charge in [-0.25, -0.2) is 0 Å². The zero-order valence-corrected chi connectivity index (χ0v) is 23.7. The van der Waals surface area contributed by atoms with Crippen LogP contribution in [-0.2, 0) is 20.5 Å². The Morgan fingerprint density at radius 3 is 2.38 bits per heavy atom. The number of carbonyl (C=O) groups excluding carboxylic acids is 1. The first-order valence-electron chi connectivity index (χ1n) is 13.9. The van der Waals surface area contributed by atoms with Crippen LogP contribution in [0, 0.1) is 29.6 Å². The van der Waals surface area contributed by atoms with E-state index in [4.69, 9.17) is 9.47 Å². The molecule has 0 heterocycles. The van der Waals surface area contributed by atoms with Gasteiger partial charge in [0, 0.05) is 12.3 Å². The molecule has 42 heavy (non-hydrogen) atoms. The number of allylic oxidation sites excluding steroid dienone is 2. The Kier molecular flexibility index (Phi) is 14.0. The smallest absolute Gasteiger partial charge is 0.416 e. The summed E-state index contributed by atoms with van der Waals surface area (Å²) in [6.45, 7) is 1.92. The van der Waals surface area contributed by atoms with E-state index < -0.39 is 85.5 Å². The Morgan fingerprint density at radius 1 is 1.10 bits per heavy atom. The third-order valence-corrected chi connectivity index (χ3v) is 7.42. The van der Waals surface area contributed by atoms with Gasteiger partial charge < -0.3 is 35.0 Å². The first-order chi connectivity index (χ1) is 19.8. The second-order valence-electron chi connectivity index (χ2n) is 10.8. The summed E-state index contributed by atoms with van der Waals surface area (Å²) in [7, 11) is 0. The molecule has 1 aliphatic rings. The van der Waals surface area contributed by atoms with Gasteiger partial charge in [0.2, 0.25) is 0 Å². The van der Waals surface area contributed by atoms with Gasteiger partial charge in [-0.15, -0.1) is 0 Å². The molecule has 5 N–H and O–H groups in total. The summed E-state index contributed by atoms with van der Waals surface area (Å²) >= 11 is 0. The molecule has 236 valence electrons. The van der Waals surface area contributed by atoms with Gasteiger partial charge in [0.25, 0.3) is 0 Å². The molecule has 0 amide bonds. The highest BCUT2D eigenvalue weighted by Crippen LogP contribution is 2.37. The average molecular weight is 603 g/mol. The lowest BCUT2D eigenvalue weighted by molar-refractivity contribution is -0.156. The van der Waals surface area contributed by atoms with E-state index >= 15 is 0 Å². The lowest BCUT2D eigenvalue weighted by Crippen LogP contribution is -2.31. The van der Waals surface area contributed by atoms with Crippen molar-refractivity contribution in [3.05, 3.63) is 54.1 Å². The first-order valence-corrected chi connectivity index (χ1v) is 13.9. The van der Waals surface area contributed by atoms with Crippen molar-refractivity contribution in [1.82, 2.24) is 0 Å². The Balaban J connectivity index is 2.14. The van der Waals surface area contributed by atoms with Gasteiger partial charge in [0.1, 0.15) is 18.3 Å². The molecule has 9 nitrogen and oxygen atoms in total. The predicted molar refractivity (Wildman–Crippen MR) is 146 cm³/mol. The highest BCUT2D eigenvalue weighted by atomic mass is 19.4. The van der Waals surface area contributed by atoms with Crippen molar-refractivity contribution >= 4 is 11.9 Å². The summed E-state index contributed by atoms with van der Waals surface area (Å²) in [5.41, 5.74) is -0.925. The molecular formula is C30H41F3O9. The molecule has 1 saturated carbocycles. The van der Waals surface area contributed by atoms with Crippen LogP contribution in [0.4, 0.5) is 13.2 Å². The topological polar surface area (TPSA) is 154 Å². The van der Waals surface area contributed by atoms with Crippen molar-refractivity contribution in [3.63, 3.8) is 0 Å². The molecule has 0 saturated heterocycles. The minimum Gasteiger partial charge on any atom is -0.489 e. The number of hydrogen-bond acceptors (Lipinski definition) is 8. The fraction of sp³-hybridized carbons (Fsp3) is 0.600. The summed E-state index contributed by atoms with van der Waals surface area (Å²) in [5, 5.41) is 49.1. The van der Waals surface area contributed by atoms with Crippen LogP contribution in [0.5, 0.6) is 5.75 Å².